The van der Waals surface area contributed by atoms with Crippen LogP contribution in [0.5, 0.6) is 0 Å². The lowest BCUT2D eigenvalue weighted by Crippen LogP contribution is -2.77. The minimum absolute atomic E-state index is 0.108. The molecule has 0 bridgehead atoms. The van der Waals surface area contributed by atoms with Crippen LogP contribution >= 0.6 is 0 Å². The molecule has 1 aromatic heterocycles. The van der Waals surface area contributed by atoms with Crippen molar-refractivity contribution in [2.45, 2.75) is 31.7 Å². The summed E-state index contributed by atoms with van der Waals surface area (Å²) in [7, 11) is 0. The predicted molar refractivity (Wildman–Crippen MR) is 83.0 cm³/mol. The fourth-order valence-electron chi connectivity index (χ4n) is 2.76. The molecule has 0 aliphatic carbocycles. The molecule has 0 radical (unpaired) electrons. The molecule has 5 N–H and O–H groups in total. The number of aliphatic hydroxyl groups is 2. The maximum absolute atomic E-state index is 12.3. The molecule has 2 amide bonds. The molecule has 122 valence electrons. The zero-order valence-corrected chi connectivity index (χ0v) is 12.9. The first-order valence-corrected chi connectivity index (χ1v) is 7.41. The lowest BCUT2D eigenvalue weighted by Gasteiger charge is -2.42. The van der Waals surface area contributed by atoms with Gasteiger partial charge in [-0.05, 0) is 11.6 Å². The third-order valence-corrected chi connectivity index (χ3v) is 4.30. The number of aromatic nitrogens is 1. The Morgan fingerprint density at radius 3 is 2.48 bits per heavy atom. The molecule has 0 spiro atoms. The molecule has 1 fully saturated rings. The van der Waals surface area contributed by atoms with Crippen molar-refractivity contribution in [2.24, 2.45) is 5.92 Å². The number of hydrogen-bond donors (Lipinski definition) is 5. The van der Waals surface area contributed by atoms with Crippen LogP contribution in [0.1, 0.15) is 19.4 Å². The number of aromatic amines is 1. The number of fused-ring (bicyclic) bond motifs is 1. The SMILES string of the molecule is CC(C)C1(O)NC(=O)C(O)(Cc2c[nH]c3ccccc23)NC1=O. The van der Waals surface area contributed by atoms with Crippen LogP contribution in [0.15, 0.2) is 30.5 Å². The second-order valence-electron chi connectivity index (χ2n) is 6.23. The van der Waals surface area contributed by atoms with Gasteiger partial charge in [-0.3, -0.25) is 9.59 Å². The summed E-state index contributed by atoms with van der Waals surface area (Å²) >= 11 is 0. The molecule has 0 saturated carbocycles. The molecule has 1 aliphatic heterocycles. The number of rotatable bonds is 3. The molecule has 7 heteroatoms. The number of nitrogens with one attached hydrogen (secondary N) is 3. The highest BCUT2D eigenvalue weighted by atomic mass is 16.4. The highest BCUT2D eigenvalue weighted by Crippen LogP contribution is 2.26. The van der Waals surface area contributed by atoms with Gasteiger partial charge in [0.05, 0.1) is 0 Å². The van der Waals surface area contributed by atoms with Gasteiger partial charge in [0.15, 0.2) is 0 Å². The lowest BCUT2D eigenvalue weighted by atomic mass is 9.91. The van der Waals surface area contributed by atoms with Crippen LogP contribution in [0.25, 0.3) is 10.9 Å². The van der Waals surface area contributed by atoms with Crippen LogP contribution in [0.4, 0.5) is 0 Å². The molecule has 3 rings (SSSR count). The first-order chi connectivity index (χ1) is 10.8. The van der Waals surface area contributed by atoms with Crippen molar-refractivity contribution in [1.29, 1.82) is 0 Å². The maximum Gasteiger partial charge on any atom is 0.276 e. The zero-order chi connectivity index (χ0) is 16.8. The molecular formula is C16H19N3O4. The van der Waals surface area contributed by atoms with Crippen molar-refractivity contribution in [2.75, 3.05) is 0 Å². The van der Waals surface area contributed by atoms with Gasteiger partial charge in [-0.1, -0.05) is 32.0 Å². The van der Waals surface area contributed by atoms with E-state index in [1.54, 1.807) is 20.0 Å². The van der Waals surface area contributed by atoms with Gasteiger partial charge in [-0.2, -0.15) is 0 Å². The van der Waals surface area contributed by atoms with Crippen LogP contribution < -0.4 is 10.6 Å². The van der Waals surface area contributed by atoms with Crippen LogP contribution in [-0.4, -0.2) is 38.5 Å². The van der Waals surface area contributed by atoms with Gasteiger partial charge in [-0.15, -0.1) is 0 Å². The first-order valence-electron chi connectivity index (χ1n) is 7.41. The highest BCUT2D eigenvalue weighted by molar-refractivity contribution is 6.00. The second-order valence-corrected chi connectivity index (χ2v) is 6.23. The van der Waals surface area contributed by atoms with E-state index in [0.717, 1.165) is 10.9 Å². The van der Waals surface area contributed by atoms with E-state index in [0.29, 0.717) is 5.56 Å². The van der Waals surface area contributed by atoms with Crippen molar-refractivity contribution < 1.29 is 19.8 Å². The van der Waals surface area contributed by atoms with Crippen molar-refractivity contribution in [3.05, 3.63) is 36.0 Å². The number of para-hydroxylation sites is 1. The van der Waals surface area contributed by atoms with Gasteiger partial charge < -0.3 is 25.8 Å². The predicted octanol–water partition coefficient (Wildman–Crippen LogP) is -0.0104. The number of carbonyl (C=O) groups excluding carboxylic acids is 2. The summed E-state index contributed by atoms with van der Waals surface area (Å²) in [6, 6.07) is 7.45. The van der Waals surface area contributed by atoms with Crippen LogP contribution in [0.3, 0.4) is 0 Å². The summed E-state index contributed by atoms with van der Waals surface area (Å²) in [6.07, 6.45) is 1.58. The van der Waals surface area contributed by atoms with E-state index in [1.807, 2.05) is 24.3 Å². The van der Waals surface area contributed by atoms with Gasteiger partial charge in [0, 0.05) is 29.4 Å². The highest BCUT2D eigenvalue weighted by Gasteiger charge is 2.54. The molecule has 23 heavy (non-hydrogen) atoms. The number of amides is 2. The van der Waals surface area contributed by atoms with Gasteiger partial charge >= 0.3 is 0 Å². The topological polar surface area (TPSA) is 114 Å². The Balaban J connectivity index is 1.91. The Hall–Kier alpha value is -2.38. The monoisotopic (exact) mass is 317 g/mol. The largest absolute Gasteiger partial charge is 0.363 e. The van der Waals surface area contributed by atoms with Crippen molar-refractivity contribution in [1.82, 2.24) is 15.6 Å². The number of hydrogen-bond acceptors (Lipinski definition) is 4. The number of benzene rings is 1. The van der Waals surface area contributed by atoms with Crippen LogP contribution in [0, 0.1) is 5.92 Å². The third-order valence-electron chi connectivity index (χ3n) is 4.30. The third kappa shape index (κ3) is 2.38. The first kappa shape index (κ1) is 15.5. The smallest absolute Gasteiger partial charge is 0.276 e. The number of carbonyl (C=O) groups is 2. The average Bonchev–Trinajstić information content (AvgIpc) is 2.88. The van der Waals surface area contributed by atoms with E-state index in [2.05, 4.69) is 15.6 Å². The molecule has 1 aliphatic rings. The summed E-state index contributed by atoms with van der Waals surface area (Å²) in [5.74, 6) is -2.20. The molecule has 2 unspecified atom stereocenters. The van der Waals surface area contributed by atoms with E-state index < -0.39 is 29.2 Å². The van der Waals surface area contributed by atoms with Crippen LogP contribution in [0.2, 0.25) is 0 Å². The lowest BCUT2D eigenvalue weighted by molar-refractivity contribution is -0.181. The van der Waals surface area contributed by atoms with Crippen LogP contribution in [-0.2, 0) is 16.0 Å². The molecule has 1 aromatic carbocycles. The van der Waals surface area contributed by atoms with E-state index in [9.17, 15) is 19.8 Å². The average molecular weight is 317 g/mol. The molecule has 2 heterocycles. The Kier molecular flexibility index (Phi) is 3.42. The van der Waals surface area contributed by atoms with Gasteiger partial charge in [0.25, 0.3) is 11.8 Å². The van der Waals surface area contributed by atoms with Crippen molar-refractivity contribution >= 4 is 22.7 Å². The maximum atomic E-state index is 12.3. The van der Waals surface area contributed by atoms with E-state index in [1.165, 1.54) is 0 Å². The molecule has 2 atom stereocenters. The number of H-pyrrole nitrogens is 1. The Labute approximate surface area is 132 Å². The zero-order valence-electron chi connectivity index (χ0n) is 12.9. The van der Waals surface area contributed by atoms with E-state index in [4.69, 9.17) is 0 Å². The Morgan fingerprint density at radius 2 is 1.78 bits per heavy atom. The fourth-order valence-corrected chi connectivity index (χ4v) is 2.76. The van der Waals surface area contributed by atoms with Crippen molar-refractivity contribution in [3.63, 3.8) is 0 Å². The Bertz CT molecular complexity index is 784. The molecule has 7 nitrogen and oxygen atoms in total. The van der Waals surface area contributed by atoms with Gasteiger partial charge in [-0.25, -0.2) is 0 Å². The second kappa shape index (κ2) is 5.07. The fraction of sp³-hybridized carbons (Fsp3) is 0.375. The molecule has 2 aromatic rings. The molecule has 1 saturated heterocycles. The van der Waals surface area contributed by atoms with Crippen molar-refractivity contribution in [3.8, 4) is 0 Å². The summed E-state index contributed by atoms with van der Waals surface area (Å²) in [5, 5.41) is 26.2. The van der Waals surface area contributed by atoms with Gasteiger partial charge in [0.2, 0.25) is 11.4 Å². The summed E-state index contributed by atoms with van der Waals surface area (Å²) in [6.45, 7) is 3.20. The number of piperazine rings is 1. The van der Waals surface area contributed by atoms with E-state index >= 15 is 0 Å². The summed E-state index contributed by atoms with van der Waals surface area (Å²) < 4.78 is 0. The minimum atomic E-state index is -2.11. The standard InChI is InChI=1S/C16H19N3O4/c1-9(2)16(23)14(21)18-15(22,13(20)19-16)7-10-8-17-12-6-4-3-5-11(10)12/h3-6,8-9,17,22-23H,7H2,1-2H3,(H,18,21)(H,19,20). The summed E-state index contributed by atoms with van der Waals surface area (Å²) in [4.78, 5) is 27.5. The minimum Gasteiger partial charge on any atom is -0.363 e. The van der Waals surface area contributed by atoms with E-state index in [-0.39, 0.29) is 6.42 Å². The quantitative estimate of drug-likeness (QED) is 0.548. The van der Waals surface area contributed by atoms with Gasteiger partial charge in [0.1, 0.15) is 0 Å². The Morgan fingerprint density at radius 1 is 1.09 bits per heavy atom. The molecular weight excluding hydrogens is 298 g/mol. The normalized spacial score (nSPS) is 28.0. The summed E-state index contributed by atoms with van der Waals surface area (Å²) in [5.41, 5.74) is -2.58.